The van der Waals surface area contributed by atoms with Crippen molar-refractivity contribution in [3.8, 4) is 17.2 Å². The van der Waals surface area contributed by atoms with Crippen molar-refractivity contribution in [2.45, 2.75) is 33.4 Å². The number of amides is 2. The normalized spacial score (nSPS) is 11.4. The fraction of sp³-hybridized carbons (Fsp3) is 0.400. The fourth-order valence-corrected chi connectivity index (χ4v) is 3.13. The van der Waals surface area contributed by atoms with E-state index in [2.05, 4.69) is 10.6 Å². The van der Waals surface area contributed by atoms with Crippen molar-refractivity contribution in [1.82, 2.24) is 10.6 Å². The molecule has 0 saturated heterocycles. The maximum Gasteiger partial charge on any atom is 0.329 e. The van der Waals surface area contributed by atoms with E-state index in [-0.39, 0.29) is 18.4 Å². The second kappa shape index (κ2) is 12.5. The zero-order valence-corrected chi connectivity index (χ0v) is 20.4. The summed E-state index contributed by atoms with van der Waals surface area (Å²) in [7, 11) is 4.53. The Balaban J connectivity index is 1.94. The molecule has 0 unspecified atom stereocenters. The first-order chi connectivity index (χ1) is 16.2. The lowest BCUT2D eigenvalue weighted by molar-refractivity contribution is -0.151. The number of nitrogens with one attached hydrogen (secondary N) is 2. The van der Waals surface area contributed by atoms with Gasteiger partial charge in [0.05, 0.1) is 21.3 Å². The van der Waals surface area contributed by atoms with Crippen LogP contribution in [0, 0.1) is 12.8 Å². The standard InChI is InChI=1S/C25H32N2O7/c1-15(2)23(27-24(29)17-9-7-16(3)8-10-17)25(30)34-14-22(28)26-13-18-11-20(32-5)21(33-6)12-19(18)31-4/h7-12,15,23H,13-14H2,1-6H3,(H,26,28)(H,27,29)/t23-/m0/s1. The van der Waals surface area contributed by atoms with Gasteiger partial charge in [-0.05, 0) is 31.0 Å². The maximum absolute atomic E-state index is 12.6. The lowest BCUT2D eigenvalue weighted by atomic mass is 10.0. The third kappa shape index (κ3) is 7.13. The molecule has 0 saturated carbocycles. The Labute approximate surface area is 199 Å². The Bertz CT molecular complexity index is 1000. The molecule has 9 nitrogen and oxygen atoms in total. The molecule has 2 rings (SSSR count). The minimum atomic E-state index is -0.896. The Morgan fingerprint density at radius 3 is 2.03 bits per heavy atom. The highest BCUT2D eigenvalue weighted by Crippen LogP contribution is 2.34. The molecule has 2 N–H and O–H groups in total. The molecule has 184 valence electrons. The van der Waals surface area contributed by atoms with Gasteiger partial charge in [-0.15, -0.1) is 0 Å². The van der Waals surface area contributed by atoms with Crippen LogP contribution < -0.4 is 24.8 Å². The van der Waals surface area contributed by atoms with Gasteiger partial charge in [0.1, 0.15) is 11.8 Å². The van der Waals surface area contributed by atoms with E-state index in [1.807, 2.05) is 19.1 Å². The highest BCUT2D eigenvalue weighted by atomic mass is 16.5. The van der Waals surface area contributed by atoms with E-state index in [0.29, 0.717) is 28.4 Å². The SMILES string of the molecule is COc1cc(OC)c(OC)cc1CNC(=O)COC(=O)[C@@H](NC(=O)c1ccc(C)cc1)C(C)C. The van der Waals surface area contributed by atoms with Gasteiger partial charge in [0.15, 0.2) is 18.1 Å². The zero-order valence-electron chi connectivity index (χ0n) is 20.4. The van der Waals surface area contributed by atoms with Gasteiger partial charge in [0.2, 0.25) is 0 Å². The van der Waals surface area contributed by atoms with Gasteiger partial charge in [0.25, 0.3) is 11.8 Å². The molecule has 0 aliphatic carbocycles. The number of esters is 1. The van der Waals surface area contributed by atoms with Crippen LogP contribution in [0.25, 0.3) is 0 Å². The van der Waals surface area contributed by atoms with Crippen molar-refractivity contribution >= 4 is 17.8 Å². The van der Waals surface area contributed by atoms with Crippen LogP contribution >= 0.6 is 0 Å². The molecule has 0 heterocycles. The topological polar surface area (TPSA) is 112 Å². The number of ether oxygens (including phenoxy) is 4. The highest BCUT2D eigenvalue weighted by Gasteiger charge is 2.27. The zero-order chi connectivity index (χ0) is 25.3. The molecule has 2 amide bonds. The van der Waals surface area contributed by atoms with Gasteiger partial charge in [0, 0.05) is 23.7 Å². The summed E-state index contributed by atoms with van der Waals surface area (Å²) in [5, 5.41) is 5.36. The average molecular weight is 473 g/mol. The van der Waals surface area contributed by atoms with Crippen LogP contribution in [0.5, 0.6) is 17.2 Å². The lowest BCUT2D eigenvalue weighted by Gasteiger charge is -2.21. The molecular formula is C25H32N2O7. The molecule has 34 heavy (non-hydrogen) atoms. The van der Waals surface area contributed by atoms with Gasteiger partial charge in [-0.1, -0.05) is 31.5 Å². The Kier molecular flexibility index (Phi) is 9.73. The third-order valence-electron chi connectivity index (χ3n) is 5.13. The van der Waals surface area contributed by atoms with Crippen LogP contribution in [0.2, 0.25) is 0 Å². The van der Waals surface area contributed by atoms with Crippen LogP contribution in [-0.4, -0.2) is 51.8 Å². The minimum absolute atomic E-state index is 0.123. The predicted molar refractivity (Wildman–Crippen MR) is 126 cm³/mol. The summed E-state index contributed by atoms with van der Waals surface area (Å²) >= 11 is 0. The quantitative estimate of drug-likeness (QED) is 0.484. The molecule has 0 spiro atoms. The van der Waals surface area contributed by atoms with E-state index < -0.39 is 24.5 Å². The molecule has 0 bridgehead atoms. The van der Waals surface area contributed by atoms with Crippen LogP contribution in [0.1, 0.15) is 35.3 Å². The van der Waals surface area contributed by atoms with Crippen molar-refractivity contribution in [1.29, 1.82) is 0 Å². The number of rotatable bonds is 11. The number of benzene rings is 2. The predicted octanol–water partition coefficient (Wildman–Crippen LogP) is 2.63. The van der Waals surface area contributed by atoms with Crippen LogP contribution in [-0.2, 0) is 20.9 Å². The molecule has 9 heteroatoms. The van der Waals surface area contributed by atoms with Gasteiger partial charge in [-0.2, -0.15) is 0 Å². The summed E-state index contributed by atoms with van der Waals surface area (Å²) in [6.07, 6.45) is 0. The minimum Gasteiger partial charge on any atom is -0.496 e. The first kappa shape index (κ1) is 26.5. The third-order valence-corrected chi connectivity index (χ3v) is 5.13. The van der Waals surface area contributed by atoms with Gasteiger partial charge >= 0.3 is 5.97 Å². The molecule has 0 aromatic heterocycles. The van der Waals surface area contributed by atoms with Gasteiger partial charge < -0.3 is 29.6 Å². The van der Waals surface area contributed by atoms with Crippen molar-refractivity contribution in [2.75, 3.05) is 27.9 Å². The number of carbonyl (C=O) groups is 3. The number of hydrogen-bond acceptors (Lipinski definition) is 7. The average Bonchev–Trinajstić information content (AvgIpc) is 2.83. The monoisotopic (exact) mass is 472 g/mol. The molecular weight excluding hydrogens is 440 g/mol. The summed E-state index contributed by atoms with van der Waals surface area (Å²) in [6, 6.07) is 9.45. The number of aryl methyl sites for hydroxylation is 1. The Morgan fingerprint density at radius 1 is 0.882 bits per heavy atom. The van der Waals surface area contributed by atoms with E-state index in [9.17, 15) is 14.4 Å². The summed E-state index contributed by atoms with van der Waals surface area (Å²) in [6.45, 7) is 5.12. The molecule has 2 aromatic carbocycles. The number of carbonyl (C=O) groups excluding carboxylic acids is 3. The van der Waals surface area contributed by atoms with Crippen LogP contribution in [0.15, 0.2) is 36.4 Å². The van der Waals surface area contributed by atoms with Crippen molar-refractivity contribution < 1.29 is 33.3 Å². The van der Waals surface area contributed by atoms with Crippen molar-refractivity contribution in [2.24, 2.45) is 5.92 Å². The van der Waals surface area contributed by atoms with E-state index in [0.717, 1.165) is 5.56 Å². The van der Waals surface area contributed by atoms with Crippen LogP contribution in [0.4, 0.5) is 0 Å². The van der Waals surface area contributed by atoms with E-state index in [4.69, 9.17) is 18.9 Å². The van der Waals surface area contributed by atoms with Crippen LogP contribution in [0.3, 0.4) is 0 Å². The smallest absolute Gasteiger partial charge is 0.329 e. The summed E-state index contributed by atoms with van der Waals surface area (Å²) in [4.78, 5) is 37.4. The van der Waals surface area contributed by atoms with Crippen molar-refractivity contribution in [3.05, 3.63) is 53.1 Å². The fourth-order valence-electron chi connectivity index (χ4n) is 3.13. The summed E-state index contributed by atoms with van der Waals surface area (Å²) < 4.78 is 21.0. The largest absolute Gasteiger partial charge is 0.496 e. The number of hydrogen-bond donors (Lipinski definition) is 2. The molecule has 0 aliphatic heterocycles. The molecule has 0 aliphatic rings. The molecule has 2 aromatic rings. The Hall–Kier alpha value is -3.75. The molecule has 0 fully saturated rings. The highest BCUT2D eigenvalue weighted by molar-refractivity contribution is 5.97. The summed E-state index contributed by atoms with van der Waals surface area (Å²) in [5.74, 6) is -0.319. The lowest BCUT2D eigenvalue weighted by Crippen LogP contribution is -2.46. The van der Waals surface area contributed by atoms with E-state index >= 15 is 0 Å². The summed E-state index contributed by atoms with van der Waals surface area (Å²) in [5.41, 5.74) is 2.11. The first-order valence-corrected chi connectivity index (χ1v) is 10.8. The molecule has 1 atom stereocenters. The molecule has 0 radical (unpaired) electrons. The van der Waals surface area contributed by atoms with Crippen molar-refractivity contribution in [3.63, 3.8) is 0 Å². The second-order valence-electron chi connectivity index (χ2n) is 7.96. The van der Waals surface area contributed by atoms with E-state index in [1.165, 1.54) is 21.3 Å². The maximum atomic E-state index is 12.6. The van der Waals surface area contributed by atoms with Gasteiger partial charge in [-0.25, -0.2) is 4.79 Å². The Morgan fingerprint density at radius 2 is 1.47 bits per heavy atom. The number of methoxy groups -OCH3 is 3. The van der Waals surface area contributed by atoms with Gasteiger partial charge in [-0.3, -0.25) is 9.59 Å². The first-order valence-electron chi connectivity index (χ1n) is 10.8. The van der Waals surface area contributed by atoms with E-state index in [1.54, 1.807) is 38.1 Å². The second-order valence-corrected chi connectivity index (χ2v) is 7.96.